The molecule has 3 fully saturated rings. The molecule has 3 atom stereocenters. The summed E-state index contributed by atoms with van der Waals surface area (Å²) >= 11 is 0. The average molecular weight is 347 g/mol. The minimum Gasteiger partial charge on any atom is -0.381 e. The fourth-order valence-electron chi connectivity index (χ4n) is 5.49. The Balaban J connectivity index is 1.33. The second-order valence-corrected chi connectivity index (χ2v) is 8.57. The van der Waals surface area contributed by atoms with Crippen LogP contribution in [0.5, 0.6) is 0 Å². The van der Waals surface area contributed by atoms with Crippen LogP contribution in [-0.4, -0.2) is 61.1 Å². The molecule has 0 bridgehead atoms. The van der Waals surface area contributed by atoms with Crippen LogP contribution in [0.1, 0.15) is 51.4 Å². The van der Waals surface area contributed by atoms with Gasteiger partial charge in [0, 0.05) is 44.8 Å². The Morgan fingerprint density at radius 3 is 2.72 bits per heavy atom. The summed E-state index contributed by atoms with van der Waals surface area (Å²) < 4.78 is 5.43. The zero-order chi connectivity index (χ0) is 17.1. The SMILES string of the molecule is O=C(C1CCOCC1)N1CC[C@H]2[C@H](CCCN2C[C@H]2CC=CCC2)C1. The maximum atomic E-state index is 12.9. The van der Waals surface area contributed by atoms with Crippen molar-refractivity contribution >= 4 is 5.91 Å². The van der Waals surface area contributed by atoms with Gasteiger partial charge in [0.15, 0.2) is 0 Å². The molecule has 25 heavy (non-hydrogen) atoms. The Kier molecular flexibility index (Phi) is 5.76. The van der Waals surface area contributed by atoms with E-state index in [0.29, 0.717) is 11.8 Å². The third-order valence-corrected chi connectivity index (χ3v) is 6.94. The van der Waals surface area contributed by atoms with E-state index >= 15 is 0 Å². The minimum absolute atomic E-state index is 0.221. The number of hydrogen-bond acceptors (Lipinski definition) is 3. The van der Waals surface area contributed by atoms with E-state index in [0.717, 1.165) is 51.1 Å². The number of fused-ring (bicyclic) bond motifs is 1. The molecule has 4 nitrogen and oxygen atoms in total. The van der Waals surface area contributed by atoms with Crippen LogP contribution >= 0.6 is 0 Å². The quantitative estimate of drug-likeness (QED) is 0.736. The van der Waals surface area contributed by atoms with Crippen LogP contribution in [0, 0.1) is 17.8 Å². The number of rotatable bonds is 3. The van der Waals surface area contributed by atoms with Crippen LogP contribution < -0.4 is 0 Å². The Morgan fingerprint density at radius 2 is 1.92 bits per heavy atom. The molecule has 0 aromatic heterocycles. The predicted octanol–water partition coefficient (Wildman–Crippen LogP) is 3.08. The molecule has 3 heterocycles. The number of carbonyl (C=O) groups is 1. The molecule has 0 unspecified atom stereocenters. The molecule has 0 radical (unpaired) electrons. The van der Waals surface area contributed by atoms with Gasteiger partial charge < -0.3 is 9.64 Å². The molecule has 140 valence electrons. The van der Waals surface area contributed by atoms with Gasteiger partial charge in [-0.05, 0) is 69.7 Å². The fourth-order valence-corrected chi connectivity index (χ4v) is 5.49. The lowest BCUT2D eigenvalue weighted by Gasteiger charge is -2.48. The molecule has 0 spiro atoms. The summed E-state index contributed by atoms with van der Waals surface area (Å²) in [6.07, 6.45) is 14.3. The topological polar surface area (TPSA) is 32.8 Å². The number of likely N-dealkylation sites (tertiary alicyclic amines) is 2. The van der Waals surface area contributed by atoms with E-state index in [4.69, 9.17) is 4.74 Å². The van der Waals surface area contributed by atoms with Crippen LogP contribution in [0.4, 0.5) is 0 Å². The van der Waals surface area contributed by atoms with Crippen molar-refractivity contribution in [2.24, 2.45) is 17.8 Å². The monoisotopic (exact) mass is 346 g/mol. The second kappa shape index (κ2) is 8.22. The maximum Gasteiger partial charge on any atom is 0.225 e. The van der Waals surface area contributed by atoms with E-state index in [-0.39, 0.29) is 5.92 Å². The van der Waals surface area contributed by atoms with E-state index < -0.39 is 0 Å². The van der Waals surface area contributed by atoms with Crippen molar-refractivity contribution in [2.75, 3.05) is 39.4 Å². The number of piperidine rings is 2. The summed E-state index contributed by atoms with van der Waals surface area (Å²) in [7, 11) is 0. The van der Waals surface area contributed by atoms with E-state index in [1.165, 1.54) is 51.6 Å². The van der Waals surface area contributed by atoms with Gasteiger partial charge in [-0.3, -0.25) is 9.69 Å². The van der Waals surface area contributed by atoms with Gasteiger partial charge in [0.1, 0.15) is 0 Å². The fraction of sp³-hybridized carbons (Fsp3) is 0.857. The minimum atomic E-state index is 0.221. The summed E-state index contributed by atoms with van der Waals surface area (Å²) in [6, 6.07) is 0.721. The molecular formula is C21H34N2O2. The Labute approximate surface area is 152 Å². The predicted molar refractivity (Wildman–Crippen MR) is 99.3 cm³/mol. The van der Waals surface area contributed by atoms with Gasteiger partial charge in [0.2, 0.25) is 5.91 Å². The summed E-state index contributed by atoms with van der Waals surface area (Å²) in [5.41, 5.74) is 0. The molecule has 1 amide bonds. The normalized spacial score (nSPS) is 34.7. The van der Waals surface area contributed by atoms with Crippen molar-refractivity contribution in [1.29, 1.82) is 0 Å². The number of hydrogen-bond donors (Lipinski definition) is 0. The van der Waals surface area contributed by atoms with Crippen LogP contribution in [-0.2, 0) is 9.53 Å². The third kappa shape index (κ3) is 4.11. The molecule has 3 saturated heterocycles. The van der Waals surface area contributed by atoms with Gasteiger partial charge in [0.05, 0.1) is 0 Å². The second-order valence-electron chi connectivity index (χ2n) is 8.57. The first-order valence-electron chi connectivity index (χ1n) is 10.6. The molecule has 0 saturated carbocycles. The van der Waals surface area contributed by atoms with Crippen LogP contribution in [0.15, 0.2) is 12.2 Å². The van der Waals surface area contributed by atoms with E-state index in [1.807, 2.05) is 0 Å². The van der Waals surface area contributed by atoms with E-state index in [9.17, 15) is 4.79 Å². The lowest BCUT2D eigenvalue weighted by atomic mass is 9.82. The largest absolute Gasteiger partial charge is 0.381 e. The summed E-state index contributed by atoms with van der Waals surface area (Å²) in [4.78, 5) is 17.9. The number of allylic oxidation sites excluding steroid dienone is 2. The zero-order valence-electron chi connectivity index (χ0n) is 15.6. The Morgan fingerprint density at radius 1 is 1.04 bits per heavy atom. The smallest absolute Gasteiger partial charge is 0.225 e. The van der Waals surface area contributed by atoms with Gasteiger partial charge in [-0.2, -0.15) is 0 Å². The van der Waals surface area contributed by atoms with Crippen molar-refractivity contribution in [1.82, 2.24) is 9.80 Å². The van der Waals surface area contributed by atoms with Crippen molar-refractivity contribution in [3.05, 3.63) is 12.2 Å². The first kappa shape index (κ1) is 17.5. The van der Waals surface area contributed by atoms with Crippen molar-refractivity contribution < 1.29 is 9.53 Å². The first-order valence-corrected chi connectivity index (χ1v) is 10.6. The number of carbonyl (C=O) groups excluding carboxylic acids is 1. The van der Waals surface area contributed by atoms with Gasteiger partial charge in [-0.25, -0.2) is 0 Å². The van der Waals surface area contributed by atoms with Crippen molar-refractivity contribution in [2.45, 2.75) is 57.4 Å². The maximum absolute atomic E-state index is 12.9. The molecule has 4 aliphatic rings. The van der Waals surface area contributed by atoms with Crippen LogP contribution in [0.25, 0.3) is 0 Å². The summed E-state index contributed by atoms with van der Waals surface area (Å²) in [5, 5.41) is 0. The first-order chi connectivity index (χ1) is 12.3. The highest BCUT2D eigenvalue weighted by atomic mass is 16.5. The summed E-state index contributed by atoms with van der Waals surface area (Å²) in [6.45, 7) is 6.05. The van der Waals surface area contributed by atoms with Crippen LogP contribution in [0.3, 0.4) is 0 Å². The third-order valence-electron chi connectivity index (χ3n) is 6.94. The van der Waals surface area contributed by atoms with Gasteiger partial charge >= 0.3 is 0 Å². The van der Waals surface area contributed by atoms with Crippen molar-refractivity contribution in [3.8, 4) is 0 Å². The molecule has 0 N–H and O–H groups in total. The average Bonchev–Trinajstić information content (AvgIpc) is 2.69. The highest BCUT2D eigenvalue weighted by Gasteiger charge is 2.39. The molecule has 0 aromatic rings. The number of amides is 1. The number of ether oxygens (including phenoxy) is 1. The Bertz CT molecular complexity index is 486. The van der Waals surface area contributed by atoms with Gasteiger partial charge in [-0.15, -0.1) is 0 Å². The lowest BCUT2D eigenvalue weighted by Crippen LogP contribution is -2.56. The van der Waals surface area contributed by atoms with E-state index in [1.54, 1.807) is 0 Å². The summed E-state index contributed by atoms with van der Waals surface area (Å²) in [5.74, 6) is 2.19. The highest BCUT2D eigenvalue weighted by molar-refractivity contribution is 5.79. The zero-order valence-corrected chi connectivity index (χ0v) is 15.6. The van der Waals surface area contributed by atoms with Gasteiger partial charge in [-0.1, -0.05) is 12.2 Å². The highest BCUT2D eigenvalue weighted by Crippen LogP contribution is 2.33. The molecule has 4 heteroatoms. The Hall–Kier alpha value is -0.870. The molecule has 0 aromatic carbocycles. The molecule has 4 rings (SSSR count). The molecule has 1 aliphatic carbocycles. The lowest BCUT2D eigenvalue weighted by molar-refractivity contribution is -0.142. The van der Waals surface area contributed by atoms with Crippen molar-refractivity contribution in [3.63, 3.8) is 0 Å². The van der Waals surface area contributed by atoms with E-state index in [2.05, 4.69) is 22.0 Å². The van der Waals surface area contributed by atoms with Gasteiger partial charge in [0.25, 0.3) is 0 Å². The van der Waals surface area contributed by atoms with Crippen LogP contribution in [0.2, 0.25) is 0 Å². The standard InChI is InChI=1S/C21H34N2O2/c24-21(18-9-13-25-14-10-18)23-12-8-20-19(16-23)7-4-11-22(20)15-17-5-2-1-3-6-17/h1-2,17-20H,3-16H2/t17-,19+,20-/m0/s1. The molecular weight excluding hydrogens is 312 g/mol. The molecule has 3 aliphatic heterocycles. The number of nitrogens with zero attached hydrogens (tertiary/aromatic N) is 2.